The van der Waals surface area contributed by atoms with Gasteiger partial charge in [-0.15, -0.1) is 0 Å². The average molecular weight is 238 g/mol. The maximum atomic E-state index is 9.60. The molecular formula is C10H22O6. The highest BCUT2D eigenvalue weighted by atomic mass is 16.5. The second-order valence-electron chi connectivity index (χ2n) is 2.82. The summed E-state index contributed by atoms with van der Waals surface area (Å²) in [6.45, 7) is 3.57. The van der Waals surface area contributed by atoms with E-state index in [2.05, 4.69) is 0 Å². The summed E-state index contributed by atoms with van der Waals surface area (Å²) >= 11 is 0. The third-order valence-corrected chi connectivity index (χ3v) is 1.31. The molecule has 0 heterocycles. The average Bonchev–Trinajstić information content (AvgIpc) is 2.24. The van der Waals surface area contributed by atoms with Gasteiger partial charge < -0.3 is 24.8 Å². The first-order valence-corrected chi connectivity index (χ1v) is 5.28. The van der Waals surface area contributed by atoms with Crippen LogP contribution in [0.15, 0.2) is 0 Å². The van der Waals surface area contributed by atoms with Crippen LogP contribution in [0.3, 0.4) is 0 Å². The molecule has 0 saturated carbocycles. The Morgan fingerprint density at radius 1 is 1.00 bits per heavy atom. The molecule has 0 fully saturated rings. The largest absolute Gasteiger partial charge is 0.481 e. The molecule has 16 heavy (non-hydrogen) atoms. The van der Waals surface area contributed by atoms with Crippen LogP contribution >= 0.6 is 0 Å². The number of hydrogen-bond acceptors (Lipinski definition) is 5. The lowest BCUT2D eigenvalue weighted by atomic mass is 10.4. The first kappa shape index (κ1) is 17.7. The van der Waals surface area contributed by atoms with Crippen LogP contribution < -0.4 is 0 Å². The van der Waals surface area contributed by atoms with E-state index in [0.29, 0.717) is 32.8 Å². The summed E-state index contributed by atoms with van der Waals surface area (Å²) < 4.78 is 9.75. The van der Waals surface area contributed by atoms with Gasteiger partial charge in [0.1, 0.15) is 0 Å². The van der Waals surface area contributed by atoms with Crippen LogP contribution in [-0.2, 0) is 14.3 Å². The van der Waals surface area contributed by atoms with E-state index in [-0.39, 0.29) is 13.2 Å². The van der Waals surface area contributed by atoms with Crippen molar-refractivity contribution in [3.05, 3.63) is 0 Å². The second-order valence-corrected chi connectivity index (χ2v) is 2.82. The van der Waals surface area contributed by atoms with Crippen molar-refractivity contribution < 1.29 is 29.6 Å². The summed E-state index contributed by atoms with van der Waals surface area (Å²) in [5.41, 5.74) is 0. The van der Waals surface area contributed by atoms with Gasteiger partial charge in [0.15, 0.2) is 0 Å². The number of aliphatic carboxylic acids is 1. The van der Waals surface area contributed by atoms with Crippen molar-refractivity contribution in [3.8, 4) is 0 Å². The van der Waals surface area contributed by atoms with E-state index in [1.54, 1.807) is 0 Å². The van der Waals surface area contributed by atoms with Crippen LogP contribution in [0.25, 0.3) is 0 Å². The highest BCUT2D eigenvalue weighted by Gasteiger charge is 1.87. The van der Waals surface area contributed by atoms with Gasteiger partial charge in [0, 0.05) is 6.42 Å². The summed E-state index contributed by atoms with van der Waals surface area (Å²) in [7, 11) is 0. The number of aliphatic hydroxyl groups excluding tert-OH is 2. The van der Waals surface area contributed by atoms with Crippen molar-refractivity contribution in [2.75, 3.05) is 39.6 Å². The summed E-state index contributed by atoms with van der Waals surface area (Å²) in [6.07, 6.45) is 1.02. The van der Waals surface area contributed by atoms with E-state index in [0.717, 1.165) is 6.42 Å². The van der Waals surface area contributed by atoms with Gasteiger partial charge in [0.05, 0.1) is 39.6 Å². The van der Waals surface area contributed by atoms with Crippen molar-refractivity contribution in [3.63, 3.8) is 0 Å². The number of ether oxygens (including phenoxy) is 2. The number of aliphatic hydroxyl groups is 2. The minimum absolute atomic E-state index is 0.0417. The topological polar surface area (TPSA) is 96.2 Å². The van der Waals surface area contributed by atoms with Gasteiger partial charge in [-0.25, -0.2) is 0 Å². The maximum absolute atomic E-state index is 9.60. The van der Waals surface area contributed by atoms with E-state index < -0.39 is 5.97 Å². The molecule has 3 N–H and O–H groups in total. The van der Waals surface area contributed by atoms with Crippen LogP contribution in [0.4, 0.5) is 0 Å². The van der Waals surface area contributed by atoms with Crippen molar-refractivity contribution in [2.45, 2.75) is 19.8 Å². The van der Waals surface area contributed by atoms with Gasteiger partial charge in [-0.2, -0.15) is 0 Å². The van der Waals surface area contributed by atoms with E-state index in [1.165, 1.54) is 0 Å². The highest BCUT2D eigenvalue weighted by Crippen LogP contribution is 1.82. The molecular weight excluding hydrogens is 216 g/mol. The van der Waals surface area contributed by atoms with E-state index in [1.807, 2.05) is 6.92 Å². The van der Waals surface area contributed by atoms with Gasteiger partial charge in [-0.1, -0.05) is 6.92 Å². The molecule has 0 aromatic rings. The highest BCUT2D eigenvalue weighted by molar-refractivity contribution is 5.66. The molecule has 98 valence electrons. The number of rotatable bonds is 9. The standard InChI is InChI=1S/C6H14O4.C4H8O2/c7-1-3-9-5-6-10-4-2-8;1-2-3-4(5)6/h7-8H,1-6H2;2-3H2,1H3,(H,5,6). The Kier molecular flexibility index (Phi) is 18.5. The van der Waals surface area contributed by atoms with E-state index >= 15 is 0 Å². The summed E-state index contributed by atoms with van der Waals surface area (Å²) in [6, 6.07) is 0. The van der Waals surface area contributed by atoms with Crippen LogP contribution in [0, 0.1) is 0 Å². The normalized spacial score (nSPS) is 9.44. The molecule has 0 bridgehead atoms. The molecule has 0 saturated heterocycles. The van der Waals surface area contributed by atoms with Gasteiger partial charge in [0.25, 0.3) is 0 Å². The Bertz CT molecular complexity index is 131. The first-order valence-electron chi connectivity index (χ1n) is 5.28. The molecule has 0 radical (unpaired) electrons. The summed E-state index contributed by atoms with van der Waals surface area (Å²) in [5.74, 6) is -0.711. The Labute approximate surface area is 95.8 Å². The number of carboxylic acids is 1. The minimum atomic E-state index is -0.711. The summed E-state index contributed by atoms with van der Waals surface area (Å²) in [4.78, 5) is 9.60. The molecule has 0 amide bonds. The fraction of sp³-hybridized carbons (Fsp3) is 0.900. The zero-order chi connectivity index (χ0) is 12.6. The van der Waals surface area contributed by atoms with Crippen molar-refractivity contribution in [1.29, 1.82) is 0 Å². The Hall–Kier alpha value is -0.690. The fourth-order valence-electron chi connectivity index (χ4n) is 0.665. The van der Waals surface area contributed by atoms with Crippen LogP contribution in [0.1, 0.15) is 19.8 Å². The van der Waals surface area contributed by atoms with Gasteiger partial charge in [0.2, 0.25) is 0 Å². The molecule has 0 aliphatic rings. The van der Waals surface area contributed by atoms with Crippen molar-refractivity contribution in [2.24, 2.45) is 0 Å². The lowest BCUT2D eigenvalue weighted by Gasteiger charge is -2.01. The minimum Gasteiger partial charge on any atom is -0.481 e. The van der Waals surface area contributed by atoms with Gasteiger partial charge in [-0.05, 0) is 6.42 Å². The number of carboxylic acid groups (broad SMARTS) is 1. The number of hydrogen-bond donors (Lipinski definition) is 3. The predicted molar refractivity (Wildman–Crippen MR) is 58.4 cm³/mol. The monoisotopic (exact) mass is 238 g/mol. The van der Waals surface area contributed by atoms with Crippen LogP contribution in [-0.4, -0.2) is 60.9 Å². The Balaban J connectivity index is 0. The second kappa shape index (κ2) is 16.7. The van der Waals surface area contributed by atoms with Crippen molar-refractivity contribution in [1.82, 2.24) is 0 Å². The fourth-order valence-corrected chi connectivity index (χ4v) is 0.665. The molecule has 0 aliphatic heterocycles. The third kappa shape index (κ3) is 23.3. The number of carbonyl (C=O) groups is 1. The SMILES string of the molecule is CCCC(=O)O.OCCOCCOCCO. The van der Waals surface area contributed by atoms with E-state index in [9.17, 15) is 4.79 Å². The van der Waals surface area contributed by atoms with Gasteiger partial charge in [-0.3, -0.25) is 4.79 Å². The lowest BCUT2D eigenvalue weighted by molar-refractivity contribution is -0.137. The molecule has 6 heteroatoms. The molecule has 6 nitrogen and oxygen atoms in total. The van der Waals surface area contributed by atoms with Gasteiger partial charge >= 0.3 is 5.97 Å². The quantitative estimate of drug-likeness (QED) is 0.484. The zero-order valence-electron chi connectivity index (χ0n) is 9.72. The smallest absolute Gasteiger partial charge is 0.303 e. The third-order valence-electron chi connectivity index (χ3n) is 1.31. The van der Waals surface area contributed by atoms with E-state index in [4.69, 9.17) is 24.8 Å². The van der Waals surface area contributed by atoms with Crippen LogP contribution in [0.2, 0.25) is 0 Å². The molecule has 0 rings (SSSR count). The Morgan fingerprint density at radius 2 is 1.44 bits per heavy atom. The molecule has 0 aliphatic carbocycles. The molecule has 0 spiro atoms. The lowest BCUT2D eigenvalue weighted by Crippen LogP contribution is -2.09. The Morgan fingerprint density at radius 3 is 1.62 bits per heavy atom. The maximum Gasteiger partial charge on any atom is 0.303 e. The van der Waals surface area contributed by atoms with Crippen LogP contribution in [0.5, 0.6) is 0 Å². The predicted octanol–water partition coefficient (Wildman–Crippen LogP) is -0.125. The summed E-state index contributed by atoms with van der Waals surface area (Å²) in [5, 5.41) is 24.4. The molecule has 0 atom stereocenters. The molecule has 0 aromatic heterocycles. The zero-order valence-corrected chi connectivity index (χ0v) is 9.72. The first-order chi connectivity index (χ1) is 7.68. The molecule has 0 aromatic carbocycles. The molecule has 0 unspecified atom stereocenters. The van der Waals surface area contributed by atoms with Crippen molar-refractivity contribution >= 4 is 5.97 Å².